The molecule has 1 aromatic rings. The maximum absolute atomic E-state index is 11.1. The van der Waals surface area contributed by atoms with Crippen molar-refractivity contribution >= 4 is 16.8 Å². The first-order chi connectivity index (χ1) is 6.86. The first-order valence-electron chi connectivity index (χ1n) is 4.47. The van der Waals surface area contributed by atoms with Crippen LogP contribution in [0.25, 0.3) is 0 Å². The average Bonchev–Trinajstić information content (AvgIpc) is 2.15. The highest BCUT2D eigenvalue weighted by atomic mass is 32.2. The van der Waals surface area contributed by atoms with Gasteiger partial charge in [-0.3, -0.25) is 4.48 Å². The molecule has 1 aromatic carbocycles. The van der Waals surface area contributed by atoms with Crippen molar-refractivity contribution in [2.75, 3.05) is 28.3 Å². The van der Waals surface area contributed by atoms with Gasteiger partial charge in [0.15, 0.2) is 16.8 Å². The van der Waals surface area contributed by atoms with E-state index in [4.69, 9.17) is 9.29 Å². The van der Waals surface area contributed by atoms with Gasteiger partial charge in [-0.2, -0.15) is 0 Å². The third-order valence-electron chi connectivity index (χ3n) is 2.08. The molecule has 0 aromatic heterocycles. The smallest absolute Gasteiger partial charge is 0.192 e. The van der Waals surface area contributed by atoms with Gasteiger partial charge in [0, 0.05) is 6.07 Å². The van der Waals surface area contributed by atoms with Gasteiger partial charge < -0.3 is 9.29 Å². The third-order valence-corrected chi connectivity index (χ3v) is 2.80. The summed E-state index contributed by atoms with van der Waals surface area (Å²) < 4.78 is 25.8. The number of quaternary nitrogens is 1. The van der Waals surface area contributed by atoms with Gasteiger partial charge in [-0.15, -0.1) is 0 Å². The van der Waals surface area contributed by atoms with Crippen LogP contribution in [0.2, 0.25) is 0 Å². The number of rotatable bonds is 3. The van der Waals surface area contributed by atoms with Gasteiger partial charge in [0.25, 0.3) is 0 Å². The molecule has 1 N–H and O–H groups in total. The molecule has 0 fully saturated rings. The largest absolute Gasteiger partial charge is 0.497 e. The minimum absolute atomic E-state index is 0.420. The molecule has 0 bridgehead atoms. The highest BCUT2D eigenvalue weighted by Crippen LogP contribution is 2.29. The number of hydrogen-bond acceptors (Lipinski definition) is 2. The SMILES string of the molecule is COc1ccc(S(=O)O)c([N+](C)(C)C)c1. The second-order valence-electron chi connectivity index (χ2n) is 4.10. The van der Waals surface area contributed by atoms with Crippen LogP contribution in [-0.4, -0.2) is 37.0 Å². The Bertz CT molecular complexity index is 385. The molecule has 1 unspecified atom stereocenters. The van der Waals surface area contributed by atoms with E-state index < -0.39 is 11.1 Å². The lowest BCUT2D eigenvalue weighted by Crippen LogP contribution is -2.35. The van der Waals surface area contributed by atoms with E-state index in [1.165, 1.54) is 0 Å². The van der Waals surface area contributed by atoms with Crippen molar-refractivity contribution < 1.29 is 13.5 Å². The summed E-state index contributed by atoms with van der Waals surface area (Å²) in [5.41, 5.74) is 0.773. The zero-order chi connectivity index (χ0) is 11.6. The van der Waals surface area contributed by atoms with Crippen molar-refractivity contribution in [1.29, 1.82) is 0 Å². The molecule has 0 radical (unpaired) electrons. The van der Waals surface area contributed by atoms with E-state index in [0.29, 0.717) is 15.1 Å². The van der Waals surface area contributed by atoms with Gasteiger partial charge in [0.1, 0.15) is 10.6 Å². The monoisotopic (exact) mass is 230 g/mol. The van der Waals surface area contributed by atoms with Crippen LogP contribution in [-0.2, 0) is 11.1 Å². The molecule has 0 saturated carbocycles. The van der Waals surface area contributed by atoms with E-state index in [2.05, 4.69) is 0 Å². The van der Waals surface area contributed by atoms with Gasteiger partial charge in [0.05, 0.1) is 28.3 Å². The molecule has 0 amide bonds. The van der Waals surface area contributed by atoms with E-state index in [0.717, 1.165) is 5.69 Å². The van der Waals surface area contributed by atoms with Crippen molar-refractivity contribution in [3.05, 3.63) is 18.2 Å². The second kappa shape index (κ2) is 4.30. The molecule has 5 heteroatoms. The summed E-state index contributed by atoms with van der Waals surface area (Å²) in [7, 11) is 7.38. The highest BCUT2D eigenvalue weighted by Gasteiger charge is 2.21. The standard InChI is InChI=1S/C10H15NO3S/c1-11(2,3)9-7-8(14-4)5-6-10(9)15(12)13/h5-7H,1-4H3/p+1. The molecule has 15 heavy (non-hydrogen) atoms. The maximum Gasteiger partial charge on any atom is 0.192 e. The zero-order valence-electron chi connectivity index (χ0n) is 9.35. The summed E-state index contributed by atoms with van der Waals surface area (Å²) in [6, 6.07) is 5.08. The van der Waals surface area contributed by atoms with Crippen LogP contribution < -0.4 is 9.22 Å². The van der Waals surface area contributed by atoms with E-state index in [1.54, 1.807) is 25.3 Å². The Hall–Kier alpha value is -0.910. The summed E-state index contributed by atoms with van der Waals surface area (Å²) in [5.74, 6) is 0.687. The summed E-state index contributed by atoms with van der Waals surface area (Å²) in [6.07, 6.45) is 0. The van der Waals surface area contributed by atoms with Gasteiger partial charge in [-0.1, -0.05) is 0 Å². The number of ether oxygens (including phenoxy) is 1. The Kier molecular flexibility index (Phi) is 3.49. The summed E-state index contributed by atoms with van der Waals surface area (Å²) in [6.45, 7) is 0. The number of methoxy groups -OCH3 is 1. The van der Waals surface area contributed by atoms with Crippen LogP contribution in [0.5, 0.6) is 5.75 Å². The minimum Gasteiger partial charge on any atom is -0.497 e. The molecule has 0 heterocycles. The lowest BCUT2D eigenvalue weighted by atomic mass is 10.2. The first-order valence-corrected chi connectivity index (χ1v) is 5.58. The van der Waals surface area contributed by atoms with Crippen molar-refractivity contribution in [3.8, 4) is 5.75 Å². The van der Waals surface area contributed by atoms with Crippen LogP contribution in [0.1, 0.15) is 0 Å². The average molecular weight is 230 g/mol. The van der Waals surface area contributed by atoms with Gasteiger partial charge in [0.2, 0.25) is 0 Å². The Morgan fingerprint density at radius 2 is 1.93 bits per heavy atom. The molecule has 0 spiro atoms. The van der Waals surface area contributed by atoms with Crippen LogP contribution in [0.4, 0.5) is 5.69 Å². The fourth-order valence-electron chi connectivity index (χ4n) is 1.30. The second-order valence-corrected chi connectivity index (χ2v) is 5.03. The van der Waals surface area contributed by atoms with Crippen molar-refractivity contribution in [1.82, 2.24) is 4.48 Å². The Labute approximate surface area is 92.4 Å². The number of hydrogen-bond donors (Lipinski definition) is 1. The predicted molar refractivity (Wildman–Crippen MR) is 61.6 cm³/mol. The topological polar surface area (TPSA) is 46.5 Å². The molecular formula is C10H16NO3S+. The van der Waals surface area contributed by atoms with E-state index in [-0.39, 0.29) is 0 Å². The van der Waals surface area contributed by atoms with Crippen LogP contribution in [0.15, 0.2) is 23.1 Å². The molecule has 0 aliphatic rings. The van der Waals surface area contributed by atoms with Crippen LogP contribution in [0, 0.1) is 0 Å². The van der Waals surface area contributed by atoms with E-state index >= 15 is 0 Å². The van der Waals surface area contributed by atoms with Crippen molar-refractivity contribution in [2.24, 2.45) is 0 Å². The zero-order valence-corrected chi connectivity index (χ0v) is 10.2. The molecule has 4 nitrogen and oxygen atoms in total. The lowest BCUT2D eigenvalue weighted by molar-refractivity contribution is 0.409. The van der Waals surface area contributed by atoms with Crippen LogP contribution >= 0.6 is 0 Å². The predicted octanol–water partition coefficient (Wildman–Crippen LogP) is 1.47. The molecule has 0 saturated heterocycles. The minimum atomic E-state index is -1.97. The fourth-order valence-corrected chi connectivity index (χ4v) is 1.99. The van der Waals surface area contributed by atoms with Crippen LogP contribution in [0.3, 0.4) is 0 Å². The Morgan fingerprint density at radius 3 is 2.33 bits per heavy atom. The Morgan fingerprint density at radius 1 is 1.33 bits per heavy atom. The van der Waals surface area contributed by atoms with Gasteiger partial charge >= 0.3 is 0 Å². The molecule has 0 aliphatic carbocycles. The summed E-state index contributed by atoms with van der Waals surface area (Å²) in [4.78, 5) is 0.420. The summed E-state index contributed by atoms with van der Waals surface area (Å²) in [5, 5.41) is 0. The molecule has 84 valence electrons. The maximum atomic E-state index is 11.1. The van der Waals surface area contributed by atoms with Gasteiger partial charge in [-0.05, 0) is 12.1 Å². The number of benzene rings is 1. The first kappa shape index (κ1) is 12.2. The normalized spacial score (nSPS) is 13.7. The Balaban J connectivity index is 3.36. The third kappa shape index (κ3) is 2.77. The van der Waals surface area contributed by atoms with Crippen molar-refractivity contribution in [2.45, 2.75) is 4.90 Å². The molecule has 0 aliphatic heterocycles. The van der Waals surface area contributed by atoms with E-state index in [9.17, 15) is 4.21 Å². The van der Waals surface area contributed by atoms with Crippen molar-refractivity contribution in [3.63, 3.8) is 0 Å². The molecule has 1 atom stereocenters. The highest BCUT2D eigenvalue weighted by molar-refractivity contribution is 7.79. The summed E-state index contributed by atoms with van der Waals surface area (Å²) >= 11 is -1.97. The van der Waals surface area contributed by atoms with Gasteiger partial charge in [-0.25, -0.2) is 4.21 Å². The molecule has 1 rings (SSSR count). The lowest BCUT2D eigenvalue weighted by Gasteiger charge is -2.25. The van der Waals surface area contributed by atoms with E-state index in [1.807, 2.05) is 21.1 Å². The fraction of sp³-hybridized carbons (Fsp3) is 0.400. The molecular weight excluding hydrogens is 214 g/mol. The number of nitrogens with zero attached hydrogens (tertiary/aromatic N) is 1. The quantitative estimate of drug-likeness (QED) is 0.632.